The number of aliphatic hydroxyl groups is 1. The highest BCUT2D eigenvalue weighted by molar-refractivity contribution is 7.10. The van der Waals surface area contributed by atoms with E-state index in [-0.39, 0.29) is 6.61 Å². The first-order valence-electron chi connectivity index (χ1n) is 6.14. The van der Waals surface area contributed by atoms with Gasteiger partial charge in [0.15, 0.2) is 0 Å². The van der Waals surface area contributed by atoms with Gasteiger partial charge in [-0.1, -0.05) is 11.8 Å². The van der Waals surface area contributed by atoms with Crippen LogP contribution in [0.1, 0.15) is 29.7 Å². The summed E-state index contributed by atoms with van der Waals surface area (Å²) in [5.74, 6) is 7.07. The molecule has 1 aromatic heterocycles. The Morgan fingerprint density at radius 2 is 2.35 bits per heavy atom. The van der Waals surface area contributed by atoms with Gasteiger partial charge in [-0.05, 0) is 37.3 Å². The van der Waals surface area contributed by atoms with E-state index in [0.29, 0.717) is 6.42 Å². The van der Waals surface area contributed by atoms with Crippen molar-refractivity contribution in [3.63, 3.8) is 0 Å². The molecule has 1 saturated carbocycles. The highest BCUT2D eigenvalue weighted by Gasteiger charge is 2.23. The van der Waals surface area contributed by atoms with Crippen LogP contribution in [0.4, 0.5) is 0 Å². The first-order chi connectivity index (χ1) is 8.29. The summed E-state index contributed by atoms with van der Waals surface area (Å²) in [4.78, 5) is 3.74. The zero-order chi connectivity index (χ0) is 12.1. The highest BCUT2D eigenvalue weighted by atomic mass is 32.1. The Labute approximate surface area is 107 Å². The maximum Gasteiger partial charge on any atom is 0.0540 e. The van der Waals surface area contributed by atoms with Crippen LogP contribution in [0.25, 0.3) is 0 Å². The van der Waals surface area contributed by atoms with Gasteiger partial charge in [-0.25, -0.2) is 0 Å². The number of aliphatic hydroxyl groups excluding tert-OH is 1. The minimum absolute atomic E-state index is 0.147. The van der Waals surface area contributed by atoms with Crippen LogP contribution in [-0.2, 0) is 6.54 Å². The third kappa shape index (κ3) is 4.16. The number of rotatable bonds is 5. The molecule has 1 aliphatic carbocycles. The minimum Gasteiger partial charge on any atom is -0.395 e. The molecule has 2 rings (SSSR count). The van der Waals surface area contributed by atoms with Crippen molar-refractivity contribution in [1.29, 1.82) is 0 Å². The molecule has 1 aromatic rings. The monoisotopic (exact) mass is 249 g/mol. The molecule has 1 fully saturated rings. The molecule has 0 radical (unpaired) electrons. The Morgan fingerprint density at radius 1 is 1.53 bits per heavy atom. The molecule has 3 heteroatoms. The fraction of sp³-hybridized carbons (Fsp3) is 0.571. The third-order valence-electron chi connectivity index (χ3n) is 2.89. The van der Waals surface area contributed by atoms with E-state index in [0.717, 1.165) is 18.0 Å². The van der Waals surface area contributed by atoms with Crippen LogP contribution in [0, 0.1) is 17.8 Å². The number of nitrogens with zero attached hydrogens (tertiary/aromatic N) is 1. The van der Waals surface area contributed by atoms with Crippen molar-refractivity contribution in [1.82, 2.24) is 4.90 Å². The zero-order valence-corrected chi connectivity index (χ0v) is 11.1. The Kier molecular flexibility index (Phi) is 4.61. The van der Waals surface area contributed by atoms with Crippen molar-refractivity contribution in [2.45, 2.75) is 25.8 Å². The summed E-state index contributed by atoms with van der Waals surface area (Å²) >= 11 is 1.78. The Bertz CT molecular complexity index is 411. The molecule has 0 spiro atoms. The molecule has 92 valence electrons. The summed E-state index contributed by atoms with van der Waals surface area (Å²) in [7, 11) is 2.18. The SMILES string of the molecule is CN(Cc1sccc1C#CCCO)CC1CC1. The van der Waals surface area contributed by atoms with Gasteiger partial charge in [0.05, 0.1) is 6.61 Å². The second kappa shape index (κ2) is 6.20. The molecular formula is C14H19NOS. The predicted octanol–water partition coefficient (Wildman–Crippen LogP) is 2.32. The first kappa shape index (κ1) is 12.6. The van der Waals surface area contributed by atoms with Crippen LogP contribution in [0.2, 0.25) is 0 Å². The molecule has 1 heterocycles. The Balaban J connectivity index is 1.91. The summed E-state index contributed by atoms with van der Waals surface area (Å²) in [6.45, 7) is 2.35. The summed E-state index contributed by atoms with van der Waals surface area (Å²) in [5, 5.41) is 10.8. The van der Waals surface area contributed by atoms with Gasteiger partial charge in [0.1, 0.15) is 0 Å². The van der Waals surface area contributed by atoms with Crippen molar-refractivity contribution in [2.75, 3.05) is 20.2 Å². The molecule has 17 heavy (non-hydrogen) atoms. The number of thiophene rings is 1. The van der Waals surface area contributed by atoms with Gasteiger partial charge >= 0.3 is 0 Å². The molecule has 0 atom stereocenters. The molecule has 0 saturated heterocycles. The molecule has 0 aromatic carbocycles. The van der Waals surface area contributed by atoms with E-state index in [2.05, 4.69) is 35.2 Å². The van der Waals surface area contributed by atoms with Crippen molar-refractivity contribution in [2.24, 2.45) is 5.92 Å². The van der Waals surface area contributed by atoms with Crippen molar-refractivity contribution in [3.8, 4) is 11.8 Å². The van der Waals surface area contributed by atoms with Gasteiger partial charge in [-0.3, -0.25) is 0 Å². The summed E-state index contributed by atoms with van der Waals surface area (Å²) in [5.41, 5.74) is 1.13. The summed E-state index contributed by atoms with van der Waals surface area (Å²) < 4.78 is 0. The molecular weight excluding hydrogens is 230 g/mol. The average Bonchev–Trinajstić information content (AvgIpc) is 3.00. The van der Waals surface area contributed by atoms with E-state index < -0.39 is 0 Å². The normalized spacial score (nSPS) is 14.8. The Hall–Kier alpha value is -0.820. The molecule has 0 bridgehead atoms. The lowest BCUT2D eigenvalue weighted by Gasteiger charge is -2.15. The quantitative estimate of drug-likeness (QED) is 0.810. The lowest BCUT2D eigenvalue weighted by molar-refractivity contribution is 0.305. The van der Waals surface area contributed by atoms with E-state index in [1.54, 1.807) is 11.3 Å². The van der Waals surface area contributed by atoms with E-state index in [1.807, 2.05) is 0 Å². The molecule has 0 unspecified atom stereocenters. The van der Waals surface area contributed by atoms with Gasteiger partial charge in [0, 0.05) is 30.0 Å². The zero-order valence-electron chi connectivity index (χ0n) is 10.3. The van der Waals surface area contributed by atoms with Crippen LogP contribution >= 0.6 is 11.3 Å². The minimum atomic E-state index is 0.147. The van der Waals surface area contributed by atoms with E-state index in [1.165, 1.54) is 24.3 Å². The largest absolute Gasteiger partial charge is 0.395 e. The van der Waals surface area contributed by atoms with E-state index in [9.17, 15) is 0 Å². The van der Waals surface area contributed by atoms with Gasteiger partial charge in [0.2, 0.25) is 0 Å². The maximum absolute atomic E-state index is 8.71. The second-order valence-electron chi connectivity index (χ2n) is 4.67. The highest BCUT2D eigenvalue weighted by Crippen LogP contribution is 2.30. The van der Waals surface area contributed by atoms with E-state index in [4.69, 9.17) is 5.11 Å². The van der Waals surface area contributed by atoms with E-state index >= 15 is 0 Å². The van der Waals surface area contributed by atoms with Crippen LogP contribution in [0.15, 0.2) is 11.4 Å². The van der Waals surface area contributed by atoms with Crippen molar-refractivity contribution < 1.29 is 5.11 Å². The average molecular weight is 249 g/mol. The standard InChI is InChI=1S/C14H19NOS/c1-15(10-12-5-6-12)11-14-13(7-9-17-14)4-2-3-8-16/h7,9,12,16H,3,5-6,8,10-11H2,1H3. The fourth-order valence-electron chi connectivity index (χ4n) is 1.84. The van der Waals surface area contributed by atoms with Crippen molar-refractivity contribution in [3.05, 3.63) is 21.9 Å². The van der Waals surface area contributed by atoms with Gasteiger partial charge < -0.3 is 10.0 Å². The van der Waals surface area contributed by atoms with Crippen LogP contribution in [0.5, 0.6) is 0 Å². The molecule has 0 amide bonds. The first-order valence-corrected chi connectivity index (χ1v) is 7.02. The van der Waals surface area contributed by atoms with Crippen LogP contribution in [0.3, 0.4) is 0 Å². The maximum atomic E-state index is 8.71. The molecule has 2 nitrogen and oxygen atoms in total. The third-order valence-corrected chi connectivity index (χ3v) is 3.79. The van der Waals surface area contributed by atoms with Crippen LogP contribution < -0.4 is 0 Å². The van der Waals surface area contributed by atoms with Gasteiger partial charge in [-0.2, -0.15) is 0 Å². The fourth-order valence-corrected chi connectivity index (χ4v) is 2.75. The number of hydrogen-bond acceptors (Lipinski definition) is 3. The molecule has 1 aliphatic rings. The topological polar surface area (TPSA) is 23.5 Å². The van der Waals surface area contributed by atoms with Gasteiger partial charge in [0.25, 0.3) is 0 Å². The second-order valence-corrected chi connectivity index (χ2v) is 5.67. The lowest BCUT2D eigenvalue weighted by atomic mass is 10.2. The smallest absolute Gasteiger partial charge is 0.0540 e. The Morgan fingerprint density at radius 3 is 3.06 bits per heavy atom. The van der Waals surface area contributed by atoms with Gasteiger partial charge in [-0.15, -0.1) is 11.3 Å². The van der Waals surface area contributed by atoms with Crippen LogP contribution in [-0.4, -0.2) is 30.2 Å². The van der Waals surface area contributed by atoms with Crippen molar-refractivity contribution >= 4 is 11.3 Å². The number of hydrogen-bond donors (Lipinski definition) is 1. The predicted molar refractivity (Wildman–Crippen MR) is 72.0 cm³/mol. The molecule has 0 aliphatic heterocycles. The summed E-state index contributed by atoms with van der Waals surface area (Å²) in [6, 6.07) is 2.08. The molecule has 1 N–H and O–H groups in total. The summed E-state index contributed by atoms with van der Waals surface area (Å²) in [6.07, 6.45) is 3.36. The lowest BCUT2D eigenvalue weighted by Crippen LogP contribution is -2.20.